The van der Waals surface area contributed by atoms with E-state index in [-0.39, 0.29) is 24.5 Å². The van der Waals surface area contributed by atoms with Gasteiger partial charge in [0.25, 0.3) is 0 Å². The average molecular weight is 641 g/mol. The van der Waals surface area contributed by atoms with Gasteiger partial charge in [0.15, 0.2) is 0 Å². The molecule has 216 valence electrons. The Morgan fingerprint density at radius 1 is 1.05 bits per heavy atom. The van der Waals surface area contributed by atoms with Crippen molar-refractivity contribution in [3.63, 3.8) is 0 Å². The first kappa shape index (κ1) is 29.6. The smallest absolute Gasteiger partial charge is 0.323 e. The van der Waals surface area contributed by atoms with Crippen molar-refractivity contribution in [2.45, 2.75) is 57.3 Å². The average Bonchev–Trinajstić information content (AvgIpc) is 2.93. The van der Waals surface area contributed by atoms with E-state index in [1.54, 1.807) is 0 Å². The maximum absolute atomic E-state index is 14.2. The van der Waals surface area contributed by atoms with Crippen molar-refractivity contribution in [3.05, 3.63) is 99.0 Å². The zero-order valence-electron chi connectivity index (χ0n) is 23.3. The fourth-order valence-electron chi connectivity index (χ4n) is 6.19. The molecule has 2 aliphatic rings. The van der Waals surface area contributed by atoms with E-state index in [2.05, 4.69) is 15.9 Å². The number of hydrogen-bond acceptors (Lipinski definition) is 4. The van der Waals surface area contributed by atoms with Crippen molar-refractivity contribution in [2.24, 2.45) is 11.8 Å². The van der Waals surface area contributed by atoms with E-state index in [9.17, 15) is 14.7 Å². The maximum Gasteiger partial charge on any atom is 0.323 e. The normalized spacial score (nSPS) is 22.6. The Kier molecular flexibility index (Phi) is 9.07. The van der Waals surface area contributed by atoms with Gasteiger partial charge >= 0.3 is 5.97 Å². The number of benzene rings is 3. The van der Waals surface area contributed by atoms with E-state index in [4.69, 9.17) is 21.1 Å². The molecule has 2 heterocycles. The number of ether oxygens (including phenoxy) is 2. The van der Waals surface area contributed by atoms with Crippen LogP contribution in [0.4, 0.5) is 0 Å². The lowest BCUT2D eigenvalue weighted by molar-refractivity contribution is -0.184. The number of carboxylic acid groups (broad SMARTS) is 1. The molecule has 0 unspecified atom stereocenters. The lowest BCUT2D eigenvalue weighted by Gasteiger charge is -2.51. The van der Waals surface area contributed by atoms with Gasteiger partial charge in [0.05, 0.1) is 18.1 Å². The summed E-state index contributed by atoms with van der Waals surface area (Å²) in [5.41, 5.74) is 2.48. The zero-order valence-corrected chi connectivity index (χ0v) is 25.6. The minimum atomic E-state index is -1.03. The number of amides is 1. The fraction of sp³-hybridized carbons (Fsp3) is 0.394. The predicted octanol–water partition coefficient (Wildman–Crippen LogP) is 7.12. The van der Waals surface area contributed by atoms with Gasteiger partial charge in [-0.25, -0.2) is 0 Å². The number of nitrogens with zero attached hydrogens (tertiary/aromatic N) is 1. The number of carboxylic acids is 1. The molecule has 8 heteroatoms. The number of fused-ring (bicyclic) bond motifs is 3. The SMILES string of the molecule is CC1(C)Oc2ccc(Cl)cc2[C@@H]2O[C@H](Cc3cccc(Br)c3)[C@@H](C(=O)N(CCCc3ccccc3)CC(=O)O)C[C@H]21. The number of rotatable bonds is 9. The van der Waals surface area contributed by atoms with Crippen LogP contribution < -0.4 is 4.74 Å². The second-order valence-corrected chi connectivity index (χ2v) is 12.9. The van der Waals surface area contributed by atoms with E-state index in [0.717, 1.165) is 33.3 Å². The summed E-state index contributed by atoms with van der Waals surface area (Å²) in [5, 5.41) is 10.3. The van der Waals surface area contributed by atoms with Crippen molar-refractivity contribution in [1.82, 2.24) is 4.90 Å². The summed E-state index contributed by atoms with van der Waals surface area (Å²) in [6.45, 7) is 4.06. The van der Waals surface area contributed by atoms with Gasteiger partial charge in [0, 0.05) is 27.5 Å². The van der Waals surface area contributed by atoms with Crippen LogP contribution in [0.2, 0.25) is 5.02 Å². The summed E-state index contributed by atoms with van der Waals surface area (Å²) in [5.74, 6) is -1.14. The van der Waals surface area contributed by atoms with Crippen LogP contribution in [0.5, 0.6) is 5.75 Å². The standard InChI is InChI=1S/C33H35BrClNO5/c1-33(2)27-19-26(32(39)36(20-30(37)38)15-7-11-21-8-4-3-5-9-21)29(17-22-10-6-12-23(34)16-22)40-31(27)25-18-24(35)13-14-28(25)41-33/h3-6,8-10,12-14,16,18,26-27,29,31H,7,11,15,17,19-20H2,1-2H3,(H,37,38)/t26-,27+,29+,31-/m0/s1. The Morgan fingerprint density at radius 3 is 2.54 bits per heavy atom. The van der Waals surface area contributed by atoms with E-state index in [1.165, 1.54) is 4.90 Å². The molecule has 0 aromatic heterocycles. The number of halogens is 2. The number of carbonyl (C=O) groups excluding carboxylic acids is 1. The van der Waals surface area contributed by atoms with E-state index in [0.29, 0.717) is 30.8 Å². The lowest BCUT2D eigenvalue weighted by atomic mass is 9.71. The summed E-state index contributed by atoms with van der Waals surface area (Å²) >= 11 is 9.95. The largest absolute Gasteiger partial charge is 0.487 e. The van der Waals surface area contributed by atoms with Gasteiger partial charge in [-0.05, 0) is 81.0 Å². The van der Waals surface area contributed by atoms with Crippen molar-refractivity contribution in [1.29, 1.82) is 0 Å². The molecule has 3 aromatic carbocycles. The maximum atomic E-state index is 14.2. The van der Waals surface area contributed by atoms with Gasteiger partial charge in [0.1, 0.15) is 17.9 Å². The van der Waals surface area contributed by atoms with Crippen LogP contribution >= 0.6 is 27.5 Å². The van der Waals surface area contributed by atoms with Crippen LogP contribution in [-0.2, 0) is 27.2 Å². The molecule has 6 nitrogen and oxygen atoms in total. The van der Waals surface area contributed by atoms with Crippen LogP contribution in [0, 0.1) is 11.8 Å². The molecular formula is C33H35BrClNO5. The summed E-state index contributed by atoms with van der Waals surface area (Å²) < 4.78 is 14.2. The quantitative estimate of drug-likeness (QED) is 0.270. The first-order valence-electron chi connectivity index (χ1n) is 14.0. The van der Waals surface area contributed by atoms with Crippen LogP contribution in [0.15, 0.2) is 77.3 Å². The third-order valence-corrected chi connectivity index (χ3v) is 8.93. The van der Waals surface area contributed by atoms with Crippen molar-refractivity contribution in [3.8, 4) is 5.75 Å². The lowest BCUT2D eigenvalue weighted by Crippen LogP contribution is -2.55. The highest BCUT2D eigenvalue weighted by Crippen LogP contribution is 2.53. The zero-order chi connectivity index (χ0) is 29.1. The minimum Gasteiger partial charge on any atom is -0.487 e. The van der Waals surface area contributed by atoms with E-state index >= 15 is 0 Å². The molecule has 2 aliphatic heterocycles. The van der Waals surface area contributed by atoms with Crippen molar-refractivity contribution < 1.29 is 24.2 Å². The summed E-state index contributed by atoms with van der Waals surface area (Å²) in [6.07, 6.45) is 1.69. The molecule has 1 saturated heterocycles. The number of aryl methyl sites for hydroxylation is 1. The Morgan fingerprint density at radius 2 is 1.80 bits per heavy atom. The van der Waals surface area contributed by atoms with Crippen LogP contribution in [-0.4, -0.2) is 46.7 Å². The van der Waals surface area contributed by atoms with Gasteiger partial charge in [-0.15, -0.1) is 0 Å². The summed E-state index contributed by atoms with van der Waals surface area (Å²) in [6, 6.07) is 23.6. The van der Waals surface area contributed by atoms with Gasteiger partial charge in [0.2, 0.25) is 5.91 Å². The fourth-order valence-corrected chi connectivity index (χ4v) is 6.82. The Balaban J connectivity index is 1.45. The van der Waals surface area contributed by atoms with Crippen LogP contribution in [0.1, 0.15) is 49.5 Å². The number of hydrogen-bond donors (Lipinski definition) is 1. The third-order valence-electron chi connectivity index (χ3n) is 8.21. The molecule has 0 aliphatic carbocycles. The molecule has 0 saturated carbocycles. The van der Waals surface area contributed by atoms with E-state index < -0.39 is 23.6 Å². The molecule has 0 bridgehead atoms. The van der Waals surface area contributed by atoms with E-state index in [1.807, 2.05) is 86.6 Å². The molecular weight excluding hydrogens is 606 g/mol. The second kappa shape index (κ2) is 12.6. The topological polar surface area (TPSA) is 76.1 Å². The predicted molar refractivity (Wildman–Crippen MR) is 162 cm³/mol. The molecule has 3 aromatic rings. The molecule has 1 amide bonds. The molecule has 1 N–H and O–H groups in total. The monoisotopic (exact) mass is 639 g/mol. The highest BCUT2D eigenvalue weighted by atomic mass is 79.9. The number of aliphatic carboxylic acids is 1. The first-order valence-corrected chi connectivity index (χ1v) is 15.2. The second-order valence-electron chi connectivity index (χ2n) is 11.5. The summed E-state index contributed by atoms with van der Waals surface area (Å²) in [4.78, 5) is 27.6. The van der Waals surface area contributed by atoms with Gasteiger partial charge in [-0.3, -0.25) is 9.59 Å². The van der Waals surface area contributed by atoms with Gasteiger partial charge < -0.3 is 19.5 Å². The molecule has 5 rings (SSSR count). The highest BCUT2D eigenvalue weighted by molar-refractivity contribution is 9.10. The molecule has 0 spiro atoms. The molecule has 0 radical (unpaired) electrons. The molecule has 41 heavy (non-hydrogen) atoms. The minimum absolute atomic E-state index is 0.128. The number of carbonyl (C=O) groups is 2. The van der Waals surface area contributed by atoms with Crippen LogP contribution in [0.3, 0.4) is 0 Å². The van der Waals surface area contributed by atoms with Crippen molar-refractivity contribution in [2.75, 3.05) is 13.1 Å². The Hall–Kier alpha value is -2.87. The Bertz CT molecular complexity index is 1400. The molecule has 1 fully saturated rings. The summed E-state index contributed by atoms with van der Waals surface area (Å²) in [7, 11) is 0. The van der Waals surface area contributed by atoms with Crippen molar-refractivity contribution >= 4 is 39.4 Å². The van der Waals surface area contributed by atoms with Gasteiger partial charge in [-0.2, -0.15) is 0 Å². The Labute approximate surface area is 254 Å². The third kappa shape index (κ3) is 6.96. The molecule has 4 atom stereocenters. The first-order chi connectivity index (χ1) is 19.6. The highest BCUT2D eigenvalue weighted by Gasteiger charge is 2.52. The van der Waals surface area contributed by atoms with Gasteiger partial charge in [-0.1, -0.05) is 70.0 Å². The van der Waals surface area contributed by atoms with Crippen LogP contribution in [0.25, 0.3) is 0 Å².